The Morgan fingerprint density at radius 2 is 1.09 bits per heavy atom. The van der Waals surface area contributed by atoms with Gasteiger partial charge >= 0.3 is 0 Å². The Balaban J connectivity index is 1.36. The molecule has 2 heteroatoms. The van der Waals surface area contributed by atoms with Crippen LogP contribution in [0.4, 0.5) is 0 Å². The highest BCUT2D eigenvalue weighted by Gasteiger charge is 2.40. The molecule has 2 heterocycles. The number of fused-ring (bicyclic) bond motifs is 7. The van der Waals surface area contributed by atoms with Gasteiger partial charge in [0.2, 0.25) is 0 Å². The predicted octanol–water partition coefficient (Wildman–Crippen LogP) is 15.6. The molecule has 2 saturated carbocycles. The van der Waals surface area contributed by atoms with Crippen molar-refractivity contribution in [1.82, 2.24) is 9.97 Å². The number of hydrogen-bond donors (Lipinski definition) is 0. The smallest absolute Gasteiger partial charge is 0.0753 e. The molecule has 4 bridgehead atoms. The van der Waals surface area contributed by atoms with Crippen LogP contribution in [0.2, 0.25) is 0 Å². The van der Waals surface area contributed by atoms with Gasteiger partial charge in [-0.3, -0.25) is 0 Å². The Kier molecular flexibility index (Phi) is 9.22. The van der Waals surface area contributed by atoms with E-state index in [9.17, 15) is 0 Å². The highest BCUT2D eigenvalue weighted by atomic mass is 14.7. The second kappa shape index (κ2) is 13.9. The van der Waals surface area contributed by atoms with Crippen molar-refractivity contribution < 1.29 is 0 Å². The molecule has 6 aliphatic rings. The van der Waals surface area contributed by atoms with Crippen molar-refractivity contribution in [3.05, 3.63) is 111 Å². The third kappa shape index (κ3) is 5.70. The highest BCUT2D eigenvalue weighted by Crippen LogP contribution is 2.57. The molecule has 284 valence electrons. The maximum atomic E-state index is 5.81. The van der Waals surface area contributed by atoms with Crippen LogP contribution >= 0.6 is 0 Å². The van der Waals surface area contributed by atoms with E-state index in [0.717, 1.165) is 5.52 Å². The summed E-state index contributed by atoms with van der Waals surface area (Å²) in [6.45, 7) is 25.3. The SMILES string of the molecule is C=CC(=C(C(=CC)C(C)C)c1nc2cc3cc4c5c(c(-c6c(C(C)C)cccc6C(C)C)nc4cc3cc2c2c1C1CCC2CC1)C1CCC5CC1)C(C)C. The van der Waals surface area contributed by atoms with E-state index < -0.39 is 0 Å². The van der Waals surface area contributed by atoms with Crippen LogP contribution in [0.1, 0.15) is 188 Å². The van der Waals surface area contributed by atoms with Crippen molar-refractivity contribution in [3.63, 3.8) is 0 Å². The summed E-state index contributed by atoms with van der Waals surface area (Å²) >= 11 is 0. The molecule has 0 unspecified atom stereocenters. The molecule has 11 rings (SSSR count). The van der Waals surface area contributed by atoms with E-state index >= 15 is 0 Å². The standard InChI is InChI=1S/C53H62N2/c1-11-38(28(3)4)50(39(12-2)29(5)6)52-48-34-20-16-32(17-21-34)46(48)42-24-37-27-45-43(25-36(37)26-44(42)54-52)47-33-18-22-35(23-19-33)49(47)53(55-45)51-40(30(7)8)14-13-15-41(51)31(9)10/h11-15,24-35H,1,16-23H2,2-10H3. The molecule has 0 aliphatic heterocycles. The van der Waals surface area contributed by atoms with Gasteiger partial charge in [0, 0.05) is 21.9 Å². The van der Waals surface area contributed by atoms with Crippen LogP contribution in [-0.4, -0.2) is 9.97 Å². The molecular formula is C53H62N2. The summed E-state index contributed by atoms with van der Waals surface area (Å²) in [5.74, 6) is 4.00. The lowest BCUT2D eigenvalue weighted by atomic mass is 9.64. The first-order valence-electron chi connectivity index (χ1n) is 22.0. The summed E-state index contributed by atoms with van der Waals surface area (Å²) in [5.41, 5.74) is 19.6. The summed E-state index contributed by atoms with van der Waals surface area (Å²) in [6, 6.07) is 17.0. The van der Waals surface area contributed by atoms with Crippen LogP contribution in [-0.2, 0) is 0 Å². The number of rotatable bonds is 8. The number of aromatic nitrogens is 2. The van der Waals surface area contributed by atoms with Crippen LogP contribution in [0.15, 0.2) is 72.3 Å². The highest BCUT2D eigenvalue weighted by molar-refractivity contribution is 6.06. The second-order valence-electron chi connectivity index (χ2n) is 19.0. The van der Waals surface area contributed by atoms with E-state index in [1.807, 2.05) is 0 Å². The zero-order chi connectivity index (χ0) is 38.4. The molecule has 0 atom stereocenters. The van der Waals surface area contributed by atoms with E-state index in [-0.39, 0.29) is 0 Å². The Morgan fingerprint density at radius 1 is 0.618 bits per heavy atom. The van der Waals surface area contributed by atoms with Gasteiger partial charge in [0.15, 0.2) is 0 Å². The quantitative estimate of drug-likeness (QED) is 0.118. The van der Waals surface area contributed by atoms with E-state index in [4.69, 9.17) is 9.97 Å². The minimum Gasteiger partial charge on any atom is -0.247 e. The van der Waals surface area contributed by atoms with Gasteiger partial charge in [0.1, 0.15) is 0 Å². The Hall–Kier alpha value is -4.04. The first-order chi connectivity index (χ1) is 26.5. The number of hydrogen-bond acceptors (Lipinski definition) is 2. The number of benzene rings is 3. The van der Waals surface area contributed by atoms with Gasteiger partial charge in [0.25, 0.3) is 0 Å². The Labute approximate surface area is 330 Å². The van der Waals surface area contributed by atoms with Gasteiger partial charge in [0.05, 0.1) is 22.4 Å². The van der Waals surface area contributed by atoms with Crippen LogP contribution in [0.3, 0.4) is 0 Å². The molecule has 55 heavy (non-hydrogen) atoms. The van der Waals surface area contributed by atoms with E-state index in [2.05, 4.69) is 124 Å². The van der Waals surface area contributed by atoms with Crippen molar-refractivity contribution in [1.29, 1.82) is 0 Å². The Morgan fingerprint density at radius 3 is 1.55 bits per heavy atom. The summed E-state index contributed by atoms with van der Waals surface area (Å²) in [7, 11) is 0. The van der Waals surface area contributed by atoms with Crippen molar-refractivity contribution in [3.8, 4) is 11.3 Å². The van der Waals surface area contributed by atoms with Crippen LogP contribution in [0, 0.1) is 11.8 Å². The molecule has 2 fully saturated rings. The molecule has 3 aromatic carbocycles. The van der Waals surface area contributed by atoms with E-state index in [0.29, 0.717) is 47.3 Å². The minimum atomic E-state index is 0.362. The lowest BCUT2D eigenvalue weighted by Gasteiger charge is -2.41. The number of allylic oxidation sites excluding steroid dienone is 5. The maximum Gasteiger partial charge on any atom is 0.0753 e. The lowest BCUT2D eigenvalue weighted by molar-refractivity contribution is 0.359. The summed E-state index contributed by atoms with van der Waals surface area (Å²) in [6.07, 6.45) is 14.8. The fourth-order valence-corrected chi connectivity index (χ4v) is 11.9. The summed E-state index contributed by atoms with van der Waals surface area (Å²) in [4.78, 5) is 11.6. The zero-order valence-electron chi connectivity index (χ0n) is 35.1. The minimum absolute atomic E-state index is 0.362. The molecule has 0 spiro atoms. The lowest BCUT2D eigenvalue weighted by Crippen LogP contribution is -2.25. The molecule has 6 aliphatic carbocycles. The molecule has 0 radical (unpaired) electrons. The van der Waals surface area contributed by atoms with Crippen molar-refractivity contribution in [2.75, 3.05) is 0 Å². The van der Waals surface area contributed by atoms with Gasteiger partial charge in [-0.05, 0) is 185 Å². The van der Waals surface area contributed by atoms with Gasteiger partial charge < -0.3 is 0 Å². The summed E-state index contributed by atoms with van der Waals surface area (Å²) in [5, 5.41) is 5.37. The van der Waals surface area contributed by atoms with Crippen LogP contribution in [0.5, 0.6) is 0 Å². The topological polar surface area (TPSA) is 25.8 Å². The summed E-state index contributed by atoms with van der Waals surface area (Å²) < 4.78 is 0. The third-order valence-electron chi connectivity index (χ3n) is 14.5. The third-order valence-corrected chi connectivity index (χ3v) is 14.5. The largest absolute Gasteiger partial charge is 0.247 e. The van der Waals surface area contributed by atoms with Crippen LogP contribution < -0.4 is 0 Å². The monoisotopic (exact) mass is 726 g/mol. The van der Waals surface area contributed by atoms with E-state index in [1.54, 1.807) is 22.3 Å². The fourth-order valence-electron chi connectivity index (χ4n) is 11.9. The predicted molar refractivity (Wildman–Crippen MR) is 237 cm³/mol. The second-order valence-corrected chi connectivity index (χ2v) is 19.0. The van der Waals surface area contributed by atoms with Crippen molar-refractivity contribution in [2.24, 2.45) is 11.8 Å². The first-order valence-corrected chi connectivity index (χ1v) is 22.0. The molecule has 0 saturated heterocycles. The fraction of sp³-hybridized carbons (Fsp3) is 0.472. The number of pyridine rings is 2. The maximum absolute atomic E-state index is 5.81. The zero-order valence-corrected chi connectivity index (χ0v) is 35.1. The van der Waals surface area contributed by atoms with Gasteiger partial charge in [-0.1, -0.05) is 92.3 Å². The van der Waals surface area contributed by atoms with Crippen LogP contribution in [0.25, 0.3) is 49.4 Å². The molecule has 2 nitrogen and oxygen atoms in total. The molecule has 5 aromatic rings. The average molecular weight is 727 g/mol. The normalized spacial score (nSPS) is 22.5. The van der Waals surface area contributed by atoms with Crippen molar-refractivity contribution in [2.45, 2.75) is 149 Å². The van der Waals surface area contributed by atoms with Crippen molar-refractivity contribution >= 4 is 38.2 Å². The average Bonchev–Trinajstić information content (AvgIpc) is 3.18. The Bertz CT molecular complexity index is 2410. The van der Waals surface area contributed by atoms with Gasteiger partial charge in [-0.2, -0.15) is 0 Å². The number of nitrogens with zero attached hydrogens (tertiary/aromatic N) is 2. The van der Waals surface area contributed by atoms with Gasteiger partial charge in [-0.15, -0.1) is 0 Å². The molecule has 2 aromatic heterocycles. The molecular weight excluding hydrogens is 665 g/mol. The molecule has 0 amide bonds. The molecule has 0 N–H and O–H groups in total. The van der Waals surface area contributed by atoms with Gasteiger partial charge in [-0.25, -0.2) is 9.97 Å². The first kappa shape index (κ1) is 36.6. The van der Waals surface area contributed by atoms with E-state index in [1.165, 1.54) is 123 Å².